The fourth-order valence-corrected chi connectivity index (χ4v) is 9.37. The van der Waals surface area contributed by atoms with Gasteiger partial charge in [-0.2, -0.15) is 0 Å². The van der Waals surface area contributed by atoms with Crippen molar-refractivity contribution in [2.24, 2.45) is 5.92 Å². The molecule has 186 valence electrons. The van der Waals surface area contributed by atoms with Gasteiger partial charge >= 0.3 is 8.32 Å². The molecule has 0 unspecified atom stereocenters. The van der Waals surface area contributed by atoms with Gasteiger partial charge in [0.2, 0.25) is 0 Å². The summed E-state index contributed by atoms with van der Waals surface area (Å²) in [4.78, 5) is 12.1. The Kier molecular flexibility index (Phi) is 7.65. The number of carbonyl (C=O) groups is 1. The first-order valence-corrected chi connectivity index (χ1v) is 14.5. The predicted molar refractivity (Wildman–Crippen MR) is 151 cm³/mol. The molecule has 3 aromatic carbocycles. The van der Waals surface area contributed by atoms with Crippen molar-refractivity contribution in [2.45, 2.75) is 45.6 Å². The molecule has 0 aliphatic heterocycles. The molecule has 0 heterocycles. The maximum atomic E-state index is 12.1. The molecule has 0 radical (unpaired) electrons. The summed E-state index contributed by atoms with van der Waals surface area (Å²) >= 11 is 0. The molecule has 1 aliphatic carbocycles. The van der Waals surface area contributed by atoms with Gasteiger partial charge in [-0.25, -0.2) is 0 Å². The minimum absolute atomic E-state index is 0.125. The molecule has 0 aromatic heterocycles. The topological polar surface area (TPSA) is 35.5 Å². The molecule has 4 rings (SSSR count). The van der Waals surface area contributed by atoms with Crippen LogP contribution in [-0.4, -0.2) is 20.7 Å². The molecule has 36 heavy (non-hydrogen) atoms. The zero-order chi connectivity index (χ0) is 25.8. The van der Waals surface area contributed by atoms with Crippen molar-refractivity contribution in [3.63, 3.8) is 0 Å². The number of ketones is 1. The number of allylic oxidation sites excluding steroid dienone is 2. The summed E-state index contributed by atoms with van der Waals surface area (Å²) in [7, 11) is -2.72. The lowest BCUT2D eigenvalue weighted by atomic mass is 9.85. The monoisotopic (exact) mass is 496 g/mol. The molecule has 0 bridgehead atoms. The standard InChI is InChI=1S/C32H36O3Si/c1-24-19-20-26(21-31(24)33)25(2)23-34-27-13-12-14-28(22-27)35-36(32(3,4)5,29-15-8-6-9-16-29)30-17-10-7-11-18-30/h6-19,22,26H,2,20-21,23H2,1,3-5H3/t26-/m1/s1. The van der Waals surface area contributed by atoms with E-state index in [9.17, 15) is 4.79 Å². The molecule has 0 spiro atoms. The van der Waals surface area contributed by atoms with Gasteiger partial charge in [0.15, 0.2) is 5.78 Å². The molecule has 3 nitrogen and oxygen atoms in total. The van der Waals surface area contributed by atoms with Crippen LogP contribution in [0.15, 0.2) is 109 Å². The predicted octanol–water partition coefficient (Wildman–Crippen LogP) is 6.49. The maximum Gasteiger partial charge on any atom is 0.319 e. The second kappa shape index (κ2) is 10.7. The fraction of sp³-hybridized carbons (Fsp3) is 0.281. The van der Waals surface area contributed by atoms with Crippen LogP contribution in [0.1, 0.15) is 40.5 Å². The third-order valence-electron chi connectivity index (χ3n) is 7.08. The summed E-state index contributed by atoms with van der Waals surface area (Å²) in [6.45, 7) is 13.3. The molecule has 1 aliphatic rings. The van der Waals surface area contributed by atoms with E-state index in [0.29, 0.717) is 13.0 Å². The van der Waals surface area contributed by atoms with Crippen LogP contribution in [0.4, 0.5) is 0 Å². The summed E-state index contributed by atoms with van der Waals surface area (Å²) in [6.07, 6.45) is 3.37. The number of hydrogen-bond donors (Lipinski definition) is 0. The zero-order valence-corrected chi connectivity index (χ0v) is 22.8. The van der Waals surface area contributed by atoms with Gasteiger partial charge in [0.25, 0.3) is 0 Å². The highest BCUT2D eigenvalue weighted by Crippen LogP contribution is 2.38. The minimum atomic E-state index is -2.72. The lowest BCUT2D eigenvalue weighted by Gasteiger charge is -2.43. The van der Waals surface area contributed by atoms with Gasteiger partial charge < -0.3 is 9.16 Å². The van der Waals surface area contributed by atoms with Crippen molar-refractivity contribution in [3.05, 3.63) is 109 Å². The highest BCUT2D eigenvalue weighted by atomic mass is 28.4. The summed E-state index contributed by atoms with van der Waals surface area (Å²) in [5.41, 5.74) is 1.80. The van der Waals surface area contributed by atoms with Crippen LogP contribution in [0.2, 0.25) is 5.04 Å². The average molecular weight is 497 g/mol. The van der Waals surface area contributed by atoms with Crippen LogP contribution >= 0.6 is 0 Å². The SMILES string of the molecule is C=C(COc1cccc(O[Si](c2ccccc2)(c2ccccc2)C(C)(C)C)c1)[C@@H]1CC=C(C)C(=O)C1. The van der Waals surface area contributed by atoms with E-state index in [1.807, 2.05) is 37.3 Å². The highest BCUT2D eigenvalue weighted by molar-refractivity contribution is 7.00. The molecule has 0 fully saturated rings. The molecule has 0 saturated carbocycles. The Bertz CT molecular complexity index is 1200. The maximum absolute atomic E-state index is 12.1. The fourth-order valence-electron chi connectivity index (χ4n) is 4.96. The Labute approximate surface area is 216 Å². The molecule has 3 aromatic rings. The Morgan fingerprint density at radius 3 is 2.06 bits per heavy atom. The van der Waals surface area contributed by atoms with Crippen LogP contribution in [-0.2, 0) is 4.79 Å². The lowest BCUT2D eigenvalue weighted by Crippen LogP contribution is -2.68. The minimum Gasteiger partial charge on any atom is -0.534 e. The molecule has 4 heteroatoms. The normalized spacial score (nSPS) is 16.3. The number of Topliss-reactive ketones (excluding diaryl/α,β-unsaturated/α-hetero) is 1. The Morgan fingerprint density at radius 1 is 0.917 bits per heavy atom. The van der Waals surface area contributed by atoms with Crippen LogP contribution in [0.25, 0.3) is 0 Å². The van der Waals surface area contributed by atoms with Gasteiger partial charge in [0.1, 0.15) is 18.1 Å². The number of carbonyl (C=O) groups excluding carboxylic acids is 1. The Morgan fingerprint density at radius 2 is 1.50 bits per heavy atom. The molecule has 0 saturated heterocycles. The van der Waals surface area contributed by atoms with E-state index >= 15 is 0 Å². The first kappa shape index (κ1) is 25.7. The van der Waals surface area contributed by atoms with Crippen LogP contribution in [0.5, 0.6) is 11.5 Å². The van der Waals surface area contributed by atoms with Gasteiger partial charge in [-0.1, -0.05) is 100 Å². The van der Waals surface area contributed by atoms with Gasteiger partial charge in [-0.15, -0.1) is 0 Å². The number of ether oxygens (including phenoxy) is 1. The molecular weight excluding hydrogens is 460 g/mol. The van der Waals surface area contributed by atoms with Crippen LogP contribution in [0.3, 0.4) is 0 Å². The number of hydrogen-bond acceptors (Lipinski definition) is 3. The van der Waals surface area contributed by atoms with Crippen molar-refractivity contribution >= 4 is 24.5 Å². The highest BCUT2D eigenvalue weighted by Gasteiger charge is 2.52. The van der Waals surface area contributed by atoms with Crippen molar-refractivity contribution in [1.29, 1.82) is 0 Å². The molecule has 0 N–H and O–H groups in total. The largest absolute Gasteiger partial charge is 0.534 e. The summed E-state index contributed by atoms with van der Waals surface area (Å²) in [5, 5.41) is 2.34. The summed E-state index contributed by atoms with van der Waals surface area (Å²) in [6, 6.07) is 29.1. The zero-order valence-electron chi connectivity index (χ0n) is 21.8. The van der Waals surface area contributed by atoms with E-state index in [4.69, 9.17) is 9.16 Å². The summed E-state index contributed by atoms with van der Waals surface area (Å²) < 4.78 is 13.3. The van der Waals surface area contributed by atoms with Gasteiger partial charge in [0, 0.05) is 12.5 Å². The van der Waals surface area contributed by atoms with E-state index in [2.05, 4.69) is 88.0 Å². The second-order valence-electron chi connectivity index (χ2n) is 10.6. The van der Waals surface area contributed by atoms with Crippen molar-refractivity contribution in [1.82, 2.24) is 0 Å². The van der Waals surface area contributed by atoms with E-state index in [1.165, 1.54) is 10.4 Å². The van der Waals surface area contributed by atoms with Crippen molar-refractivity contribution in [3.8, 4) is 11.5 Å². The number of rotatable bonds is 8. The van der Waals surface area contributed by atoms with E-state index in [1.54, 1.807) is 0 Å². The van der Waals surface area contributed by atoms with E-state index in [-0.39, 0.29) is 16.7 Å². The van der Waals surface area contributed by atoms with Gasteiger partial charge in [0.05, 0.1) is 0 Å². The average Bonchev–Trinajstić information content (AvgIpc) is 2.88. The lowest BCUT2D eigenvalue weighted by molar-refractivity contribution is -0.116. The first-order valence-electron chi connectivity index (χ1n) is 12.6. The third kappa shape index (κ3) is 5.39. The van der Waals surface area contributed by atoms with E-state index in [0.717, 1.165) is 29.1 Å². The smallest absolute Gasteiger partial charge is 0.319 e. The molecular formula is C32H36O3Si. The quantitative estimate of drug-likeness (QED) is 0.264. The van der Waals surface area contributed by atoms with Crippen LogP contribution < -0.4 is 19.5 Å². The van der Waals surface area contributed by atoms with Gasteiger partial charge in [-0.05, 0) is 58.0 Å². The Balaban J connectivity index is 1.60. The summed E-state index contributed by atoms with van der Waals surface area (Å²) in [5.74, 6) is 1.87. The van der Waals surface area contributed by atoms with E-state index < -0.39 is 8.32 Å². The number of benzene rings is 3. The second-order valence-corrected chi connectivity index (χ2v) is 14.9. The van der Waals surface area contributed by atoms with Crippen molar-refractivity contribution < 1.29 is 14.0 Å². The van der Waals surface area contributed by atoms with Crippen LogP contribution in [0, 0.1) is 5.92 Å². The first-order chi connectivity index (χ1) is 17.2. The Hall–Kier alpha value is -3.37. The third-order valence-corrected chi connectivity index (χ3v) is 12.0. The molecule has 1 atom stereocenters. The van der Waals surface area contributed by atoms with Gasteiger partial charge in [-0.3, -0.25) is 4.79 Å². The molecule has 0 amide bonds. The van der Waals surface area contributed by atoms with Crippen molar-refractivity contribution in [2.75, 3.05) is 6.61 Å².